The highest BCUT2D eigenvalue weighted by atomic mass is 16.1. The van der Waals surface area contributed by atoms with Gasteiger partial charge >= 0.3 is 0 Å². The van der Waals surface area contributed by atoms with Crippen LogP contribution in [-0.4, -0.2) is 4.40 Å². The summed E-state index contributed by atoms with van der Waals surface area (Å²) in [7, 11) is 0. The number of fused-ring (bicyclic) bond motifs is 10. The predicted molar refractivity (Wildman–Crippen MR) is 187 cm³/mol. The zero-order valence-corrected chi connectivity index (χ0v) is 25.4. The van der Waals surface area contributed by atoms with Crippen LogP contribution in [0.4, 0.5) is 0 Å². The second-order valence-electron chi connectivity index (χ2n) is 13.6. The molecule has 0 saturated heterocycles. The maximum atomic E-state index is 13.9. The number of hydrogen-bond acceptors (Lipinski definition) is 1. The fourth-order valence-corrected chi connectivity index (χ4v) is 8.92. The molecule has 6 aromatic carbocycles. The average molecular weight is 578 g/mol. The lowest BCUT2D eigenvalue weighted by Gasteiger charge is -2.39. The fraction of sp³-hybridized carbons (Fsp3) is 0.140. The Hall–Kier alpha value is -5.21. The lowest BCUT2D eigenvalue weighted by Crippen LogP contribution is -2.29. The Morgan fingerprint density at radius 3 is 2.13 bits per heavy atom. The molecular formula is C43H31NO. The zero-order chi connectivity index (χ0) is 30.0. The second-order valence-corrected chi connectivity index (χ2v) is 13.6. The van der Waals surface area contributed by atoms with E-state index in [1.807, 2.05) is 28.7 Å². The van der Waals surface area contributed by atoms with Gasteiger partial charge in [0, 0.05) is 27.0 Å². The van der Waals surface area contributed by atoms with Crippen LogP contribution in [0.1, 0.15) is 47.6 Å². The van der Waals surface area contributed by atoms with Gasteiger partial charge in [-0.2, -0.15) is 0 Å². The van der Waals surface area contributed by atoms with Crippen molar-refractivity contribution in [3.05, 3.63) is 159 Å². The Morgan fingerprint density at radius 1 is 0.600 bits per heavy atom. The summed E-state index contributed by atoms with van der Waals surface area (Å²) in [5.74, 6) is 0.469. The number of nitrogens with zero attached hydrogens (tertiary/aromatic N) is 1. The summed E-state index contributed by atoms with van der Waals surface area (Å²) in [5, 5.41) is 5.15. The lowest BCUT2D eigenvalue weighted by atomic mass is 9.64. The Morgan fingerprint density at radius 2 is 1.27 bits per heavy atom. The highest BCUT2D eigenvalue weighted by Gasteiger charge is 2.37. The van der Waals surface area contributed by atoms with E-state index in [4.69, 9.17) is 0 Å². The van der Waals surface area contributed by atoms with Gasteiger partial charge in [-0.05, 0) is 111 Å². The van der Waals surface area contributed by atoms with Crippen LogP contribution >= 0.6 is 0 Å². The summed E-state index contributed by atoms with van der Waals surface area (Å²) in [4.78, 5) is 13.9. The van der Waals surface area contributed by atoms with Gasteiger partial charge in [-0.15, -0.1) is 0 Å². The predicted octanol–water partition coefficient (Wildman–Crippen LogP) is 10.1. The van der Waals surface area contributed by atoms with Crippen LogP contribution in [0, 0.1) is 0 Å². The van der Waals surface area contributed by atoms with Crippen LogP contribution in [-0.2, 0) is 18.3 Å². The van der Waals surface area contributed by atoms with Gasteiger partial charge in [-0.1, -0.05) is 98.8 Å². The molecule has 0 spiro atoms. The molecule has 1 unspecified atom stereocenters. The third-order valence-electron chi connectivity index (χ3n) is 11.0. The number of hydrogen-bond donors (Lipinski definition) is 0. The summed E-state index contributed by atoms with van der Waals surface area (Å²) in [5.41, 5.74) is 14.3. The number of benzene rings is 6. The molecule has 2 bridgehead atoms. The molecule has 0 saturated carbocycles. The summed E-state index contributed by atoms with van der Waals surface area (Å²) in [6.45, 7) is 4.82. The molecule has 10 rings (SSSR count). The molecule has 2 heterocycles. The topological polar surface area (TPSA) is 21.5 Å². The standard InChI is InChI=1S/C43H31NO/c1-43(2)38-17-9-3-11-25(38)19-28-23-35-34(30-13-5-4-12-29(28)30)20-27(24-39(35)43)26-21-36-31-14-6-7-16-33(31)42(45)44-40-18-10-8-15-32(40)37(22-26)41(36)44/h3-18,20-22,24,28H,19,23H2,1-2H3. The first kappa shape index (κ1) is 25.2. The fourth-order valence-electron chi connectivity index (χ4n) is 8.92. The van der Waals surface area contributed by atoms with Gasteiger partial charge in [0.15, 0.2) is 0 Å². The zero-order valence-electron chi connectivity index (χ0n) is 25.4. The minimum atomic E-state index is -0.151. The van der Waals surface area contributed by atoms with Gasteiger partial charge in [0.1, 0.15) is 0 Å². The van der Waals surface area contributed by atoms with E-state index in [0.717, 1.165) is 50.8 Å². The maximum absolute atomic E-state index is 13.9. The van der Waals surface area contributed by atoms with E-state index in [1.165, 1.54) is 50.1 Å². The number of aromatic nitrogens is 1. The Balaban J connectivity index is 1.35. The molecule has 45 heavy (non-hydrogen) atoms. The average Bonchev–Trinajstić information content (AvgIpc) is 3.41. The van der Waals surface area contributed by atoms with E-state index in [2.05, 4.69) is 111 Å². The van der Waals surface area contributed by atoms with Crippen molar-refractivity contribution in [3.63, 3.8) is 0 Å². The number of para-hydroxylation sites is 1. The third kappa shape index (κ3) is 3.27. The molecule has 2 nitrogen and oxygen atoms in total. The molecule has 2 aliphatic rings. The van der Waals surface area contributed by atoms with Crippen LogP contribution in [0.25, 0.3) is 60.2 Å². The van der Waals surface area contributed by atoms with Crippen molar-refractivity contribution < 1.29 is 0 Å². The molecule has 2 aliphatic carbocycles. The van der Waals surface area contributed by atoms with Crippen LogP contribution in [0.3, 0.4) is 0 Å². The molecule has 8 aromatic rings. The molecule has 0 fully saturated rings. The second kappa shape index (κ2) is 8.70. The smallest absolute Gasteiger partial charge is 0.263 e. The Kier molecular flexibility index (Phi) is 4.86. The van der Waals surface area contributed by atoms with E-state index in [1.54, 1.807) is 0 Å². The summed E-state index contributed by atoms with van der Waals surface area (Å²) < 4.78 is 1.94. The molecule has 2 heteroatoms. The summed E-state index contributed by atoms with van der Waals surface area (Å²) in [6.07, 6.45) is 2.13. The van der Waals surface area contributed by atoms with Crippen molar-refractivity contribution in [1.82, 2.24) is 4.40 Å². The first-order chi connectivity index (χ1) is 22.0. The minimum Gasteiger partial charge on any atom is -0.275 e. The highest BCUT2D eigenvalue weighted by molar-refractivity contribution is 6.21. The largest absolute Gasteiger partial charge is 0.275 e. The SMILES string of the molecule is CC1(C)c2ccccc2CC2Cc3c(cc(-c4cc5c6ccccc6c(=O)n6c7ccccc7c(c4)c56)cc31)-c1ccccc12. The number of rotatable bonds is 1. The molecule has 2 aromatic heterocycles. The minimum absolute atomic E-state index is 0.0501. The van der Waals surface area contributed by atoms with E-state index < -0.39 is 0 Å². The van der Waals surface area contributed by atoms with Crippen LogP contribution in [0.2, 0.25) is 0 Å². The van der Waals surface area contributed by atoms with Gasteiger partial charge in [0.05, 0.1) is 11.0 Å². The van der Waals surface area contributed by atoms with Crippen molar-refractivity contribution in [2.24, 2.45) is 0 Å². The van der Waals surface area contributed by atoms with Gasteiger partial charge in [-0.25, -0.2) is 0 Å². The van der Waals surface area contributed by atoms with Crippen molar-refractivity contribution in [2.75, 3.05) is 0 Å². The highest BCUT2D eigenvalue weighted by Crippen LogP contribution is 2.51. The van der Waals surface area contributed by atoms with E-state index in [9.17, 15) is 4.79 Å². The third-order valence-corrected chi connectivity index (χ3v) is 11.0. The summed E-state index contributed by atoms with van der Waals surface area (Å²) >= 11 is 0. The summed E-state index contributed by atoms with van der Waals surface area (Å²) in [6, 6.07) is 44.2. The first-order valence-corrected chi connectivity index (χ1v) is 16.1. The van der Waals surface area contributed by atoms with Gasteiger partial charge in [-0.3, -0.25) is 9.20 Å². The van der Waals surface area contributed by atoms with Crippen molar-refractivity contribution in [1.29, 1.82) is 0 Å². The lowest BCUT2D eigenvalue weighted by molar-refractivity contribution is 0.573. The quantitative estimate of drug-likeness (QED) is 0.178. The van der Waals surface area contributed by atoms with Crippen LogP contribution in [0.5, 0.6) is 0 Å². The molecular weight excluding hydrogens is 546 g/mol. The first-order valence-electron chi connectivity index (χ1n) is 16.1. The molecule has 0 radical (unpaired) electrons. The van der Waals surface area contributed by atoms with Crippen molar-refractivity contribution in [3.8, 4) is 22.3 Å². The normalized spacial score (nSPS) is 16.5. The van der Waals surface area contributed by atoms with Crippen LogP contribution < -0.4 is 5.56 Å². The van der Waals surface area contributed by atoms with Gasteiger partial charge in [0.25, 0.3) is 5.56 Å². The van der Waals surface area contributed by atoms with Gasteiger partial charge in [0.2, 0.25) is 0 Å². The Labute approximate surface area is 261 Å². The monoisotopic (exact) mass is 577 g/mol. The molecule has 0 amide bonds. The Bertz CT molecular complexity index is 2600. The van der Waals surface area contributed by atoms with E-state index >= 15 is 0 Å². The molecule has 1 atom stereocenters. The van der Waals surface area contributed by atoms with E-state index in [0.29, 0.717) is 5.92 Å². The molecule has 214 valence electrons. The number of pyridine rings is 1. The molecule has 0 N–H and O–H groups in total. The van der Waals surface area contributed by atoms with Crippen LogP contribution in [0.15, 0.2) is 126 Å². The van der Waals surface area contributed by atoms with Crippen molar-refractivity contribution >= 4 is 38.0 Å². The van der Waals surface area contributed by atoms with Gasteiger partial charge < -0.3 is 0 Å². The molecule has 0 aliphatic heterocycles. The maximum Gasteiger partial charge on any atom is 0.263 e. The van der Waals surface area contributed by atoms with Crippen molar-refractivity contribution in [2.45, 2.75) is 38.0 Å². The van der Waals surface area contributed by atoms with E-state index in [-0.39, 0.29) is 11.0 Å².